The summed E-state index contributed by atoms with van der Waals surface area (Å²) in [6.45, 7) is 6.17. The van der Waals surface area contributed by atoms with Gasteiger partial charge >= 0.3 is 12.1 Å². The fourth-order valence-electron chi connectivity index (χ4n) is 2.95. The number of methoxy groups -OCH3 is 1. The molecular formula is C16H22N2O5. The Bertz CT molecular complexity index is 554. The predicted molar refractivity (Wildman–Crippen MR) is 80.4 cm³/mol. The molecule has 1 amide bonds. The molecule has 23 heavy (non-hydrogen) atoms. The van der Waals surface area contributed by atoms with Gasteiger partial charge in [0.1, 0.15) is 17.2 Å². The van der Waals surface area contributed by atoms with Crippen LogP contribution in [0.2, 0.25) is 0 Å². The van der Waals surface area contributed by atoms with Crippen molar-refractivity contribution in [3.8, 4) is 6.07 Å². The van der Waals surface area contributed by atoms with Crippen molar-refractivity contribution in [2.24, 2.45) is 0 Å². The molecule has 0 aromatic rings. The Morgan fingerprint density at radius 1 is 1.26 bits per heavy atom. The lowest BCUT2D eigenvalue weighted by atomic mass is 9.87. The van der Waals surface area contributed by atoms with Gasteiger partial charge in [-0.25, -0.2) is 9.59 Å². The van der Waals surface area contributed by atoms with Crippen LogP contribution in [0.4, 0.5) is 4.79 Å². The number of morpholine rings is 1. The van der Waals surface area contributed by atoms with Crippen molar-refractivity contribution in [2.75, 3.05) is 20.3 Å². The lowest BCUT2D eigenvalue weighted by molar-refractivity contribution is -0.135. The molecule has 0 unspecified atom stereocenters. The number of carbonyl (C=O) groups is 2. The first-order valence-electron chi connectivity index (χ1n) is 7.56. The molecule has 0 spiro atoms. The van der Waals surface area contributed by atoms with E-state index in [0.717, 1.165) is 5.57 Å². The second-order valence-corrected chi connectivity index (χ2v) is 6.72. The number of ether oxygens (including phenoxy) is 3. The van der Waals surface area contributed by atoms with Crippen molar-refractivity contribution in [1.82, 2.24) is 4.90 Å². The third kappa shape index (κ3) is 3.82. The number of hydrogen-bond donors (Lipinski definition) is 0. The van der Waals surface area contributed by atoms with Crippen molar-refractivity contribution >= 4 is 12.1 Å². The van der Waals surface area contributed by atoms with E-state index in [0.29, 0.717) is 26.1 Å². The van der Waals surface area contributed by atoms with E-state index < -0.39 is 11.6 Å². The van der Waals surface area contributed by atoms with Crippen LogP contribution < -0.4 is 0 Å². The Balaban J connectivity index is 2.24. The van der Waals surface area contributed by atoms with Gasteiger partial charge in [0.15, 0.2) is 0 Å². The van der Waals surface area contributed by atoms with Gasteiger partial charge in [-0.15, -0.1) is 0 Å². The van der Waals surface area contributed by atoms with E-state index in [4.69, 9.17) is 9.47 Å². The van der Waals surface area contributed by atoms with Crippen LogP contribution in [0.5, 0.6) is 0 Å². The Hall–Kier alpha value is -2.07. The van der Waals surface area contributed by atoms with E-state index in [1.54, 1.807) is 4.90 Å². The fourth-order valence-corrected chi connectivity index (χ4v) is 2.95. The third-order valence-electron chi connectivity index (χ3n) is 3.83. The summed E-state index contributed by atoms with van der Waals surface area (Å²) in [5, 5.41) is 9.23. The normalized spacial score (nSPS) is 26.1. The molecule has 0 aromatic heterocycles. The summed E-state index contributed by atoms with van der Waals surface area (Å²) >= 11 is 0. The minimum atomic E-state index is -0.632. The van der Waals surface area contributed by atoms with Gasteiger partial charge in [0.2, 0.25) is 0 Å². The van der Waals surface area contributed by atoms with Crippen LogP contribution in [0.25, 0.3) is 0 Å². The smallest absolute Gasteiger partial charge is 0.410 e. The molecule has 7 heteroatoms. The van der Waals surface area contributed by atoms with Gasteiger partial charge in [-0.2, -0.15) is 5.26 Å². The van der Waals surface area contributed by atoms with Gasteiger partial charge in [-0.1, -0.05) is 0 Å². The summed E-state index contributed by atoms with van der Waals surface area (Å²) in [6, 6.07) is 1.45. The summed E-state index contributed by atoms with van der Waals surface area (Å²) < 4.78 is 15.7. The molecule has 2 atom stereocenters. The minimum absolute atomic E-state index is 0.0354. The molecule has 2 saturated heterocycles. The van der Waals surface area contributed by atoms with Crippen LogP contribution in [0.1, 0.15) is 33.6 Å². The molecule has 2 heterocycles. The van der Waals surface area contributed by atoms with E-state index in [-0.39, 0.29) is 23.8 Å². The molecule has 0 aromatic carbocycles. The lowest BCUT2D eigenvalue weighted by Gasteiger charge is -2.46. The van der Waals surface area contributed by atoms with Crippen molar-refractivity contribution in [2.45, 2.75) is 51.3 Å². The second kappa shape index (κ2) is 6.59. The number of nitriles is 1. The molecule has 0 saturated carbocycles. The third-order valence-corrected chi connectivity index (χ3v) is 3.83. The Morgan fingerprint density at radius 3 is 2.26 bits per heavy atom. The van der Waals surface area contributed by atoms with E-state index >= 15 is 0 Å². The zero-order chi connectivity index (χ0) is 17.2. The molecule has 2 aliphatic rings. The molecular weight excluding hydrogens is 300 g/mol. The maximum absolute atomic E-state index is 12.4. The van der Waals surface area contributed by atoms with E-state index in [2.05, 4.69) is 4.74 Å². The SMILES string of the molecule is COC(=O)C(C#N)=C1C[C@H]2COC[C@@H](C1)N2C(=O)OC(C)(C)C. The number of nitrogens with zero attached hydrogens (tertiary/aromatic N) is 2. The number of esters is 1. The van der Waals surface area contributed by atoms with Crippen LogP contribution >= 0.6 is 0 Å². The van der Waals surface area contributed by atoms with Gasteiger partial charge in [0.05, 0.1) is 32.4 Å². The highest BCUT2D eigenvalue weighted by atomic mass is 16.6. The molecule has 126 valence electrons. The highest BCUT2D eigenvalue weighted by Gasteiger charge is 2.42. The average Bonchev–Trinajstić information content (AvgIpc) is 2.44. The largest absolute Gasteiger partial charge is 0.465 e. The predicted octanol–water partition coefficient (Wildman–Crippen LogP) is 1.78. The average molecular weight is 322 g/mol. The van der Waals surface area contributed by atoms with Crippen LogP contribution in [0.15, 0.2) is 11.1 Å². The number of fused-ring (bicyclic) bond motifs is 2. The molecule has 0 radical (unpaired) electrons. The summed E-state index contributed by atoms with van der Waals surface area (Å²) in [4.78, 5) is 25.8. The lowest BCUT2D eigenvalue weighted by Crippen LogP contribution is -2.58. The molecule has 0 aliphatic carbocycles. The monoisotopic (exact) mass is 322 g/mol. The minimum Gasteiger partial charge on any atom is -0.465 e. The topological polar surface area (TPSA) is 88.9 Å². The standard InChI is InChI=1S/C16H22N2O5/c1-16(2,3)23-15(20)18-11-5-10(6-12(18)9-22-8-11)13(7-17)14(19)21-4/h11-12H,5-6,8-9H2,1-4H3/t11-,12+. The number of piperidine rings is 1. The van der Waals surface area contributed by atoms with Gasteiger partial charge in [0, 0.05) is 0 Å². The van der Waals surface area contributed by atoms with Crippen molar-refractivity contribution in [1.29, 1.82) is 5.26 Å². The summed E-state index contributed by atoms with van der Waals surface area (Å²) in [5.41, 5.74) is 0.178. The quantitative estimate of drug-likeness (QED) is 0.415. The van der Waals surface area contributed by atoms with Gasteiger partial charge in [-0.3, -0.25) is 4.90 Å². The van der Waals surface area contributed by atoms with Crippen LogP contribution in [0, 0.1) is 11.3 Å². The Labute approximate surface area is 135 Å². The number of carbonyl (C=O) groups excluding carboxylic acids is 2. The Morgan fingerprint density at radius 2 is 1.83 bits per heavy atom. The first-order valence-corrected chi connectivity index (χ1v) is 7.56. The van der Waals surface area contributed by atoms with Gasteiger partial charge < -0.3 is 14.2 Å². The number of hydrogen-bond acceptors (Lipinski definition) is 6. The fraction of sp³-hybridized carbons (Fsp3) is 0.688. The van der Waals surface area contributed by atoms with Gasteiger partial charge in [-0.05, 0) is 39.2 Å². The molecule has 2 rings (SSSR count). The van der Waals surface area contributed by atoms with E-state index in [1.807, 2.05) is 26.8 Å². The van der Waals surface area contributed by atoms with Crippen molar-refractivity contribution in [3.63, 3.8) is 0 Å². The Kier molecular flexibility index (Phi) is 4.95. The zero-order valence-corrected chi connectivity index (χ0v) is 13.9. The van der Waals surface area contributed by atoms with Crippen molar-refractivity contribution in [3.05, 3.63) is 11.1 Å². The molecule has 2 bridgehead atoms. The first kappa shape index (κ1) is 17.3. The van der Waals surface area contributed by atoms with E-state index in [9.17, 15) is 14.9 Å². The number of rotatable bonds is 1. The maximum atomic E-state index is 12.4. The van der Waals surface area contributed by atoms with E-state index in [1.165, 1.54) is 7.11 Å². The van der Waals surface area contributed by atoms with Crippen LogP contribution in [-0.2, 0) is 19.0 Å². The molecule has 7 nitrogen and oxygen atoms in total. The highest BCUT2D eigenvalue weighted by Crippen LogP contribution is 2.34. The van der Waals surface area contributed by atoms with Gasteiger partial charge in [0.25, 0.3) is 0 Å². The summed E-state index contributed by atoms with van der Waals surface area (Å²) in [7, 11) is 1.25. The molecule has 2 fully saturated rings. The van der Waals surface area contributed by atoms with Crippen LogP contribution in [-0.4, -0.2) is 55.0 Å². The first-order chi connectivity index (χ1) is 10.8. The van der Waals surface area contributed by atoms with Crippen LogP contribution in [0.3, 0.4) is 0 Å². The highest BCUT2D eigenvalue weighted by molar-refractivity contribution is 5.93. The summed E-state index contributed by atoms with van der Waals surface area (Å²) in [6.07, 6.45) is 0.438. The zero-order valence-electron chi connectivity index (χ0n) is 13.9. The molecule has 2 aliphatic heterocycles. The second-order valence-electron chi connectivity index (χ2n) is 6.72. The molecule has 0 N–H and O–H groups in total. The van der Waals surface area contributed by atoms with Crippen molar-refractivity contribution < 1.29 is 23.8 Å². The maximum Gasteiger partial charge on any atom is 0.410 e. The summed E-state index contributed by atoms with van der Waals surface area (Å²) in [5.74, 6) is -0.632. The number of amides is 1.